The molecule has 1 nitrogen and oxygen atoms in total. The fourth-order valence-electron chi connectivity index (χ4n) is 3.07. The van der Waals surface area contributed by atoms with E-state index in [1.165, 1.54) is 44.2 Å². The Labute approximate surface area is 118 Å². The van der Waals surface area contributed by atoms with E-state index in [-0.39, 0.29) is 0 Å². The molecule has 0 bridgehead atoms. The van der Waals surface area contributed by atoms with Crippen LogP contribution in [-0.4, -0.2) is 12.6 Å². The Hall–Kier alpha value is -0.820. The van der Waals surface area contributed by atoms with Crippen LogP contribution in [0.2, 0.25) is 0 Å². The van der Waals surface area contributed by atoms with Crippen LogP contribution in [0, 0.1) is 12.8 Å². The van der Waals surface area contributed by atoms with Gasteiger partial charge in [-0.2, -0.15) is 0 Å². The molecule has 1 fully saturated rings. The zero-order valence-corrected chi connectivity index (χ0v) is 12.8. The van der Waals surface area contributed by atoms with Crippen molar-refractivity contribution < 1.29 is 0 Å². The predicted molar refractivity (Wildman–Crippen MR) is 83.6 cm³/mol. The van der Waals surface area contributed by atoms with Crippen LogP contribution >= 0.6 is 0 Å². The fourth-order valence-corrected chi connectivity index (χ4v) is 3.07. The highest BCUT2D eigenvalue weighted by atomic mass is 14.9. The van der Waals surface area contributed by atoms with Gasteiger partial charge in [0.25, 0.3) is 0 Å². The van der Waals surface area contributed by atoms with Crippen molar-refractivity contribution in [2.24, 2.45) is 5.92 Å². The van der Waals surface area contributed by atoms with Crippen molar-refractivity contribution in [1.29, 1.82) is 0 Å². The van der Waals surface area contributed by atoms with Crippen molar-refractivity contribution in [2.45, 2.75) is 64.8 Å². The highest BCUT2D eigenvalue weighted by Crippen LogP contribution is 2.38. The van der Waals surface area contributed by atoms with Crippen molar-refractivity contribution in [3.05, 3.63) is 35.4 Å². The van der Waals surface area contributed by atoms with Crippen LogP contribution in [0.5, 0.6) is 0 Å². The van der Waals surface area contributed by atoms with Gasteiger partial charge in [0.2, 0.25) is 0 Å². The van der Waals surface area contributed by atoms with E-state index in [0.29, 0.717) is 0 Å². The first-order valence-electron chi connectivity index (χ1n) is 7.95. The van der Waals surface area contributed by atoms with Crippen LogP contribution in [0.25, 0.3) is 0 Å². The summed E-state index contributed by atoms with van der Waals surface area (Å²) < 4.78 is 0. The van der Waals surface area contributed by atoms with E-state index in [2.05, 4.69) is 50.4 Å². The summed E-state index contributed by atoms with van der Waals surface area (Å²) in [6.07, 6.45) is 6.74. The summed E-state index contributed by atoms with van der Waals surface area (Å²) in [5.74, 6) is 1.66. The summed E-state index contributed by atoms with van der Waals surface area (Å²) >= 11 is 0. The molecule has 2 rings (SSSR count). The molecule has 0 heterocycles. The molecule has 1 aliphatic carbocycles. The van der Waals surface area contributed by atoms with E-state index in [1.54, 1.807) is 5.56 Å². The van der Waals surface area contributed by atoms with E-state index in [0.717, 1.165) is 17.9 Å². The first kappa shape index (κ1) is 14.6. The molecule has 1 aliphatic rings. The summed E-state index contributed by atoms with van der Waals surface area (Å²) in [7, 11) is 0. The molecule has 0 radical (unpaired) electrons. The molecular weight excluding hydrogens is 230 g/mol. The minimum absolute atomic E-state index is 0.767. The molecule has 0 atom stereocenters. The van der Waals surface area contributed by atoms with Crippen molar-refractivity contribution in [3.63, 3.8) is 0 Å². The monoisotopic (exact) mass is 259 g/mol. The SMILES string of the molecule is Cc1ccccc1C1CC(NCCCCC(C)C)C1. The number of hydrogen-bond acceptors (Lipinski definition) is 1. The molecule has 1 N–H and O–H groups in total. The number of benzene rings is 1. The Bertz CT molecular complexity index is 377. The molecule has 0 amide bonds. The quantitative estimate of drug-likeness (QED) is 0.702. The van der Waals surface area contributed by atoms with Gasteiger partial charge in [0.05, 0.1) is 0 Å². The van der Waals surface area contributed by atoms with Gasteiger partial charge in [-0.1, -0.05) is 51.0 Å². The fraction of sp³-hybridized carbons (Fsp3) is 0.667. The van der Waals surface area contributed by atoms with Crippen molar-refractivity contribution in [3.8, 4) is 0 Å². The summed E-state index contributed by atoms with van der Waals surface area (Å²) in [5.41, 5.74) is 3.03. The van der Waals surface area contributed by atoms with Gasteiger partial charge in [0, 0.05) is 6.04 Å². The molecule has 1 heteroatoms. The molecular formula is C18H29N. The number of aryl methyl sites for hydroxylation is 1. The maximum Gasteiger partial charge on any atom is 0.00787 e. The van der Waals surface area contributed by atoms with Crippen LogP contribution < -0.4 is 5.32 Å². The van der Waals surface area contributed by atoms with Crippen LogP contribution in [0.1, 0.15) is 63.0 Å². The first-order valence-corrected chi connectivity index (χ1v) is 7.95. The molecule has 0 saturated heterocycles. The highest BCUT2D eigenvalue weighted by molar-refractivity contribution is 5.31. The molecule has 19 heavy (non-hydrogen) atoms. The minimum atomic E-state index is 0.767. The summed E-state index contributed by atoms with van der Waals surface area (Å²) in [6.45, 7) is 8.07. The van der Waals surface area contributed by atoms with Crippen LogP contribution in [-0.2, 0) is 0 Å². The minimum Gasteiger partial charge on any atom is -0.314 e. The lowest BCUT2D eigenvalue weighted by Crippen LogP contribution is -2.40. The molecule has 1 aromatic rings. The second-order valence-corrected chi connectivity index (χ2v) is 6.57. The van der Waals surface area contributed by atoms with Gasteiger partial charge in [0.15, 0.2) is 0 Å². The summed E-state index contributed by atoms with van der Waals surface area (Å²) in [5, 5.41) is 3.71. The molecule has 0 spiro atoms. The Morgan fingerprint density at radius 2 is 1.89 bits per heavy atom. The molecule has 0 aliphatic heterocycles. The van der Waals surface area contributed by atoms with Crippen LogP contribution in [0.4, 0.5) is 0 Å². The van der Waals surface area contributed by atoms with E-state index >= 15 is 0 Å². The van der Waals surface area contributed by atoms with Crippen molar-refractivity contribution in [2.75, 3.05) is 6.54 Å². The lowest BCUT2D eigenvalue weighted by molar-refractivity contribution is 0.288. The van der Waals surface area contributed by atoms with Gasteiger partial charge in [-0.3, -0.25) is 0 Å². The topological polar surface area (TPSA) is 12.0 Å². The maximum atomic E-state index is 3.71. The van der Waals surface area contributed by atoms with Crippen molar-refractivity contribution in [1.82, 2.24) is 5.32 Å². The smallest absolute Gasteiger partial charge is 0.00787 e. The first-order chi connectivity index (χ1) is 9.16. The lowest BCUT2D eigenvalue weighted by atomic mass is 9.74. The zero-order chi connectivity index (χ0) is 13.7. The zero-order valence-electron chi connectivity index (χ0n) is 12.8. The van der Waals surface area contributed by atoms with Gasteiger partial charge in [0.1, 0.15) is 0 Å². The van der Waals surface area contributed by atoms with Crippen LogP contribution in [0.15, 0.2) is 24.3 Å². The molecule has 0 unspecified atom stereocenters. The second kappa shape index (κ2) is 7.09. The second-order valence-electron chi connectivity index (χ2n) is 6.57. The number of nitrogens with one attached hydrogen (secondary N) is 1. The lowest BCUT2D eigenvalue weighted by Gasteiger charge is -2.37. The van der Waals surface area contributed by atoms with Gasteiger partial charge in [-0.05, 0) is 55.7 Å². The third kappa shape index (κ3) is 4.35. The van der Waals surface area contributed by atoms with E-state index in [9.17, 15) is 0 Å². The standard InChI is InChI=1S/C18H29N/c1-14(2)8-6-7-11-19-17-12-16(13-17)18-10-5-4-9-15(18)3/h4-5,9-10,14,16-17,19H,6-8,11-13H2,1-3H3. The Morgan fingerprint density at radius 1 is 1.16 bits per heavy atom. The van der Waals surface area contributed by atoms with Gasteiger partial charge >= 0.3 is 0 Å². The number of unbranched alkanes of at least 4 members (excludes halogenated alkanes) is 1. The highest BCUT2D eigenvalue weighted by Gasteiger charge is 2.30. The maximum absolute atomic E-state index is 3.71. The van der Waals surface area contributed by atoms with Gasteiger partial charge in [-0.15, -0.1) is 0 Å². The molecule has 0 aromatic heterocycles. The Balaban J connectivity index is 1.60. The molecule has 1 aromatic carbocycles. The normalized spacial score (nSPS) is 22.5. The Kier molecular flexibility index (Phi) is 5.45. The summed E-state index contributed by atoms with van der Waals surface area (Å²) in [6, 6.07) is 9.63. The average molecular weight is 259 g/mol. The van der Waals surface area contributed by atoms with E-state index < -0.39 is 0 Å². The summed E-state index contributed by atoms with van der Waals surface area (Å²) in [4.78, 5) is 0. The third-order valence-electron chi connectivity index (χ3n) is 4.41. The molecule has 1 saturated carbocycles. The van der Waals surface area contributed by atoms with Gasteiger partial charge in [-0.25, -0.2) is 0 Å². The number of hydrogen-bond donors (Lipinski definition) is 1. The average Bonchev–Trinajstić information content (AvgIpc) is 2.32. The van der Waals surface area contributed by atoms with E-state index in [4.69, 9.17) is 0 Å². The third-order valence-corrected chi connectivity index (χ3v) is 4.41. The van der Waals surface area contributed by atoms with E-state index in [1.807, 2.05) is 0 Å². The predicted octanol–water partition coefficient (Wildman–Crippen LogP) is 4.66. The Morgan fingerprint density at radius 3 is 2.58 bits per heavy atom. The number of rotatable bonds is 7. The van der Waals surface area contributed by atoms with Crippen LogP contribution in [0.3, 0.4) is 0 Å². The largest absolute Gasteiger partial charge is 0.314 e. The molecule has 106 valence electrons. The van der Waals surface area contributed by atoms with Gasteiger partial charge < -0.3 is 5.32 Å². The van der Waals surface area contributed by atoms with Crippen molar-refractivity contribution >= 4 is 0 Å².